The highest BCUT2D eigenvalue weighted by atomic mass is 35.5. The van der Waals surface area contributed by atoms with Crippen molar-refractivity contribution in [3.63, 3.8) is 0 Å². The highest BCUT2D eigenvalue weighted by Crippen LogP contribution is 2.40. The molecule has 1 unspecified atom stereocenters. The van der Waals surface area contributed by atoms with Crippen LogP contribution < -0.4 is 11.1 Å². The van der Waals surface area contributed by atoms with E-state index in [2.05, 4.69) is 9.97 Å². The van der Waals surface area contributed by atoms with Crippen molar-refractivity contribution in [1.29, 1.82) is 0 Å². The fourth-order valence-electron chi connectivity index (χ4n) is 2.00. The molecule has 3 aromatic rings. The van der Waals surface area contributed by atoms with E-state index in [9.17, 15) is 9.59 Å². The van der Waals surface area contributed by atoms with Crippen molar-refractivity contribution in [3.05, 3.63) is 64.8 Å². The zero-order chi connectivity index (χ0) is 15.1. The topological polar surface area (TPSA) is 65.7 Å². The minimum Gasteiger partial charge on any atom is -0.316 e. The second kappa shape index (κ2) is 5.50. The van der Waals surface area contributed by atoms with E-state index in [0.717, 1.165) is 5.56 Å². The predicted octanol–water partition coefficient (Wildman–Crippen LogP) is 3.91. The summed E-state index contributed by atoms with van der Waals surface area (Å²) in [5.74, 6) is 0. The van der Waals surface area contributed by atoms with Gasteiger partial charge in [0.25, 0.3) is 0 Å². The van der Waals surface area contributed by atoms with Gasteiger partial charge in [0, 0.05) is 5.56 Å². The van der Waals surface area contributed by atoms with Crippen LogP contribution in [-0.4, -0.2) is 9.97 Å². The molecule has 0 bridgehead atoms. The lowest BCUT2D eigenvalue weighted by Crippen LogP contribution is -2.28. The summed E-state index contributed by atoms with van der Waals surface area (Å²) >= 11 is 19.7. The first-order valence-corrected chi connectivity index (χ1v) is 7.81. The van der Waals surface area contributed by atoms with Gasteiger partial charge in [0.05, 0.1) is 25.1 Å². The summed E-state index contributed by atoms with van der Waals surface area (Å²) in [4.78, 5) is 27.6. The zero-order valence-corrected chi connectivity index (χ0v) is 13.3. The average molecular weight is 362 g/mol. The van der Waals surface area contributed by atoms with Gasteiger partial charge in [0.15, 0.2) is 0 Å². The van der Waals surface area contributed by atoms with Gasteiger partial charge in [-0.05, 0) is 23.8 Å². The van der Waals surface area contributed by atoms with Gasteiger partial charge in [-0.15, -0.1) is 22.9 Å². The molecule has 0 saturated heterocycles. The molecule has 0 aliphatic rings. The van der Waals surface area contributed by atoms with Crippen LogP contribution in [0.1, 0.15) is 16.5 Å². The number of aromatic nitrogens is 2. The molecule has 2 heterocycles. The first-order chi connectivity index (χ1) is 9.95. The lowest BCUT2D eigenvalue weighted by molar-refractivity contribution is 1.12. The maximum atomic E-state index is 11.4. The minimum atomic E-state index is -0.706. The van der Waals surface area contributed by atoms with Crippen LogP contribution in [0.2, 0.25) is 8.67 Å². The predicted molar refractivity (Wildman–Crippen MR) is 87.2 cm³/mol. The summed E-state index contributed by atoms with van der Waals surface area (Å²) in [6.45, 7) is 0. The molecule has 108 valence electrons. The van der Waals surface area contributed by atoms with Crippen LogP contribution in [0.5, 0.6) is 0 Å². The van der Waals surface area contributed by atoms with E-state index in [1.54, 1.807) is 24.3 Å². The van der Waals surface area contributed by atoms with E-state index in [4.69, 9.17) is 34.8 Å². The maximum Gasteiger partial charge on any atom is 0.314 e. The molecule has 0 radical (unpaired) electrons. The van der Waals surface area contributed by atoms with Crippen molar-refractivity contribution in [2.45, 2.75) is 5.38 Å². The standard InChI is InChI=1S/C13H7Cl3N2O2S/c14-9-4-6(11(16)21-9)10(15)5-1-2-7-8(3-5)18-13(20)12(19)17-7/h1-4,10H,(H,17,19)(H,18,20). The number of rotatable bonds is 2. The third-order valence-corrected chi connectivity index (χ3v) is 5.00. The molecule has 2 N–H and O–H groups in total. The van der Waals surface area contributed by atoms with Crippen molar-refractivity contribution < 1.29 is 0 Å². The molecule has 0 aliphatic carbocycles. The average Bonchev–Trinajstić information content (AvgIpc) is 2.78. The lowest BCUT2D eigenvalue weighted by atomic mass is 10.1. The quantitative estimate of drug-likeness (QED) is 0.537. The lowest BCUT2D eigenvalue weighted by Gasteiger charge is -2.10. The fraction of sp³-hybridized carbons (Fsp3) is 0.0769. The molecule has 1 atom stereocenters. The van der Waals surface area contributed by atoms with Crippen LogP contribution in [0.3, 0.4) is 0 Å². The molecular formula is C13H7Cl3N2O2S. The molecule has 2 aromatic heterocycles. The second-order valence-corrected chi connectivity index (χ2v) is 7.08. The Kier molecular flexibility index (Phi) is 3.84. The number of halogens is 3. The number of alkyl halides is 1. The Bertz CT molecular complexity index is 944. The number of hydrogen-bond donors (Lipinski definition) is 2. The van der Waals surface area contributed by atoms with Crippen LogP contribution >= 0.6 is 46.1 Å². The van der Waals surface area contributed by atoms with Gasteiger partial charge >= 0.3 is 11.1 Å². The van der Waals surface area contributed by atoms with Gasteiger partial charge in [-0.3, -0.25) is 9.59 Å². The first-order valence-electron chi connectivity index (χ1n) is 5.81. The second-order valence-electron chi connectivity index (χ2n) is 4.36. The Morgan fingerprint density at radius 1 is 1.00 bits per heavy atom. The van der Waals surface area contributed by atoms with Crippen LogP contribution in [0, 0.1) is 0 Å². The summed E-state index contributed by atoms with van der Waals surface area (Å²) in [6.07, 6.45) is 0. The Balaban J connectivity index is 2.12. The van der Waals surface area contributed by atoms with Gasteiger partial charge in [-0.25, -0.2) is 0 Å². The van der Waals surface area contributed by atoms with Crippen molar-refractivity contribution in [2.24, 2.45) is 0 Å². The van der Waals surface area contributed by atoms with E-state index >= 15 is 0 Å². The summed E-state index contributed by atoms with van der Waals surface area (Å²) in [7, 11) is 0. The van der Waals surface area contributed by atoms with Crippen LogP contribution in [0.15, 0.2) is 33.9 Å². The number of nitrogens with one attached hydrogen (secondary N) is 2. The number of hydrogen-bond acceptors (Lipinski definition) is 3. The third kappa shape index (κ3) is 2.74. The van der Waals surface area contributed by atoms with Crippen molar-refractivity contribution in [1.82, 2.24) is 9.97 Å². The number of aromatic amines is 2. The summed E-state index contributed by atoms with van der Waals surface area (Å²) in [6, 6.07) is 6.85. The first kappa shape index (κ1) is 14.7. The Hall–Kier alpha value is -1.27. The molecule has 0 fully saturated rings. The Labute approximate surface area is 137 Å². The largest absolute Gasteiger partial charge is 0.316 e. The van der Waals surface area contributed by atoms with Gasteiger partial charge in [0.1, 0.15) is 0 Å². The molecule has 1 aromatic carbocycles. The van der Waals surface area contributed by atoms with Crippen LogP contribution in [0.4, 0.5) is 0 Å². The van der Waals surface area contributed by atoms with E-state index in [-0.39, 0.29) is 0 Å². The van der Waals surface area contributed by atoms with Crippen LogP contribution in [-0.2, 0) is 0 Å². The van der Waals surface area contributed by atoms with E-state index in [1.165, 1.54) is 11.3 Å². The van der Waals surface area contributed by atoms with Gasteiger partial charge < -0.3 is 9.97 Å². The molecule has 21 heavy (non-hydrogen) atoms. The molecular weight excluding hydrogens is 355 g/mol. The maximum absolute atomic E-state index is 11.4. The normalized spacial score (nSPS) is 12.7. The molecule has 4 nitrogen and oxygen atoms in total. The molecule has 0 spiro atoms. The highest BCUT2D eigenvalue weighted by molar-refractivity contribution is 7.20. The smallest absolute Gasteiger partial charge is 0.314 e. The molecule has 0 amide bonds. The molecule has 3 rings (SSSR count). The fourth-order valence-corrected chi connectivity index (χ4v) is 3.96. The molecule has 0 saturated carbocycles. The van der Waals surface area contributed by atoms with Crippen LogP contribution in [0.25, 0.3) is 11.0 Å². The Morgan fingerprint density at radius 3 is 2.29 bits per heavy atom. The summed E-state index contributed by atoms with van der Waals surface area (Å²) in [5, 5.41) is -0.499. The van der Waals surface area contributed by atoms with E-state index in [0.29, 0.717) is 25.3 Å². The van der Waals surface area contributed by atoms with Crippen molar-refractivity contribution in [2.75, 3.05) is 0 Å². The molecule has 8 heteroatoms. The van der Waals surface area contributed by atoms with Gasteiger partial charge in [-0.2, -0.15) is 0 Å². The number of H-pyrrole nitrogens is 2. The Morgan fingerprint density at radius 2 is 1.67 bits per heavy atom. The monoisotopic (exact) mass is 360 g/mol. The third-order valence-electron chi connectivity index (χ3n) is 3.00. The number of fused-ring (bicyclic) bond motifs is 1. The van der Waals surface area contributed by atoms with E-state index < -0.39 is 16.5 Å². The van der Waals surface area contributed by atoms with Gasteiger partial charge in [-0.1, -0.05) is 29.3 Å². The van der Waals surface area contributed by atoms with E-state index in [1.807, 2.05) is 0 Å². The van der Waals surface area contributed by atoms with Gasteiger partial charge in [0.2, 0.25) is 0 Å². The number of thiophene rings is 1. The van der Waals surface area contributed by atoms with Crippen molar-refractivity contribution >= 4 is 57.2 Å². The number of benzene rings is 1. The zero-order valence-electron chi connectivity index (χ0n) is 10.2. The summed E-state index contributed by atoms with van der Waals surface area (Å²) < 4.78 is 1.08. The molecule has 0 aliphatic heterocycles. The minimum absolute atomic E-state index is 0.499. The highest BCUT2D eigenvalue weighted by Gasteiger charge is 2.17. The summed E-state index contributed by atoms with van der Waals surface area (Å²) in [5.41, 5.74) is 1.08. The van der Waals surface area contributed by atoms with Crippen molar-refractivity contribution in [3.8, 4) is 0 Å². The SMILES string of the molecule is O=c1[nH]c2ccc(C(Cl)c3cc(Cl)sc3Cl)cc2[nH]c1=O.